The molecule has 0 N–H and O–H groups in total. The van der Waals surface area contributed by atoms with E-state index in [2.05, 4.69) is 8.79 Å². The van der Waals surface area contributed by atoms with E-state index in [1.807, 2.05) is 0 Å². The Morgan fingerprint density at radius 2 is 1.57 bits per heavy atom. The molecule has 1 aliphatic rings. The molecule has 0 radical (unpaired) electrons. The van der Waals surface area contributed by atoms with Crippen LogP contribution in [0.1, 0.15) is 19.3 Å². The highest BCUT2D eigenvalue weighted by Gasteiger charge is 2.07. The minimum Gasteiger partial charge on any atom is -0.152 e. The largest absolute Gasteiger partial charge is 0.152 e. The molecule has 0 amide bonds. The van der Waals surface area contributed by atoms with Crippen LogP contribution in [0.2, 0.25) is 12.1 Å². The lowest BCUT2D eigenvalue weighted by Gasteiger charge is -2.13. The molecule has 1 heterocycles. The van der Waals surface area contributed by atoms with Gasteiger partial charge in [0, 0.05) is 0 Å². The molecule has 0 nitrogen and oxygen atoms in total. The zero-order valence-corrected chi connectivity index (χ0v) is 7.00. The third-order valence-corrected chi connectivity index (χ3v) is 5.95. The van der Waals surface area contributed by atoms with Crippen molar-refractivity contribution in [2.24, 2.45) is 0 Å². The molecule has 2 heteroatoms. The molecular formula is C5H13PSi. The lowest BCUT2D eigenvalue weighted by Crippen LogP contribution is -2.06. The van der Waals surface area contributed by atoms with E-state index >= 15 is 0 Å². The van der Waals surface area contributed by atoms with Crippen LogP contribution in [0.4, 0.5) is 0 Å². The summed E-state index contributed by atoms with van der Waals surface area (Å²) < 4.78 is 0. The van der Waals surface area contributed by atoms with Gasteiger partial charge in [0.05, 0.1) is 8.46 Å². The molecule has 0 spiro atoms. The minimum atomic E-state index is -0.178. The van der Waals surface area contributed by atoms with Crippen LogP contribution in [-0.4, -0.2) is 8.46 Å². The van der Waals surface area contributed by atoms with Gasteiger partial charge in [-0.2, -0.15) is 8.79 Å². The average Bonchev–Trinajstić information content (AvgIpc) is 1.69. The van der Waals surface area contributed by atoms with Crippen molar-refractivity contribution in [3.8, 4) is 0 Å². The van der Waals surface area contributed by atoms with Gasteiger partial charge in [-0.1, -0.05) is 31.4 Å². The molecule has 1 unspecified atom stereocenters. The second-order valence-electron chi connectivity index (χ2n) is 2.40. The average molecular weight is 132 g/mol. The Labute approximate surface area is 49.4 Å². The van der Waals surface area contributed by atoms with Gasteiger partial charge in [-0.3, -0.25) is 0 Å². The molecule has 1 aliphatic heterocycles. The molecule has 0 aromatic rings. The van der Waals surface area contributed by atoms with E-state index in [9.17, 15) is 0 Å². The maximum absolute atomic E-state index is 3.04. The SMILES string of the molecule is P[SiH]1CCCCC1. The minimum absolute atomic E-state index is 0.178. The van der Waals surface area contributed by atoms with Gasteiger partial charge in [0.1, 0.15) is 0 Å². The predicted octanol–water partition coefficient (Wildman–Crippen LogP) is 1.77. The van der Waals surface area contributed by atoms with Gasteiger partial charge in [0.15, 0.2) is 0 Å². The van der Waals surface area contributed by atoms with Crippen LogP contribution >= 0.6 is 8.79 Å². The number of rotatable bonds is 0. The summed E-state index contributed by atoms with van der Waals surface area (Å²) in [7, 11) is 2.87. The van der Waals surface area contributed by atoms with Gasteiger partial charge >= 0.3 is 0 Å². The first-order valence-corrected chi connectivity index (χ1v) is 7.45. The second kappa shape index (κ2) is 2.83. The Balaban J connectivity index is 2.12. The second-order valence-corrected chi connectivity index (χ2v) is 7.90. The van der Waals surface area contributed by atoms with Gasteiger partial charge in [0.2, 0.25) is 0 Å². The van der Waals surface area contributed by atoms with Crippen LogP contribution in [0, 0.1) is 0 Å². The fourth-order valence-electron chi connectivity index (χ4n) is 1.13. The normalized spacial score (nSPS) is 25.3. The molecule has 0 aromatic carbocycles. The molecular weight excluding hydrogens is 119 g/mol. The van der Waals surface area contributed by atoms with Crippen LogP contribution in [0.15, 0.2) is 0 Å². The maximum atomic E-state index is 3.04. The highest BCUT2D eigenvalue weighted by atomic mass is 31.3. The van der Waals surface area contributed by atoms with Crippen LogP contribution in [0.5, 0.6) is 0 Å². The molecule has 1 rings (SSSR count). The van der Waals surface area contributed by atoms with Crippen LogP contribution in [-0.2, 0) is 0 Å². The lowest BCUT2D eigenvalue weighted by molar-refractivity contribution is 0.731. The van der Waals surface area contributed by atoms with Gasteiger partial charge in [-0.25, -0.2) is 0 Å². The fraction of sp³-hybridized carbons (Fsp3) is 1.00. The van der Waals surface area contributed by atoms with Crippen molar-refractivity contribution >= 4 is 17.3 Å². The first kappa shape index (κ1) is 5.78. The van der Waals surface area contributed by atoms with E-state index < -0.39 is 0 Å². The van der Waals surface area contributed by atoms with Crippen molar-refractivity contribution in [2.75, 3.05) is 0 Å². The molecule has 1 saturated heterocycles. The van der Waals surface area contributed by atoms with Crippen molar-refractivity contribution in [3.63, 3.8) is 0 Å². The third-order valence-electron chi connectivity index (χ3n) is 1.65. The fourth-order valence-corrected chi connectivity index (χ4v) is 4.46. The monoisotopic (exact) mass is 132 g/mol. The Bertz CT molecular complexity index is 50.0. The van der Waals surface area contributed by atoms with E-state index in [4.69, 9.17) is 0 Å². The number of hydrogen-bond donors (Lipinski definition) is 0. The first-order valence-electron chi connectivity index (χ1n) is 3.15. The highest BCUT2D eigenvalue weighted by Crippen LogP contribution is 2.21. The van der Waals surface area contributed by atoms with Crippen LogP contribution < -0.4 is 0 Å². The van der Waals surface area contributed by atoms with Gasteiger partial charge < -0.3 is 0 Å². The quantitative estimate of drug-likeness (QED) is 0.348. The summed E-state index contributed by atoms with van der Waals surface area (Å²) in [5, 5.41) is 0. The zero-order chi connectivity index (χ0) is 5.11. The Kier molecular flexibility index (Phi) is 2.34. The summed E-state index contributed by atoms with van der Waals surface area (Å²) >= 11 is 0. The van der Waals surface area contributed by atoms with Crippen molar-refractivity contribution in [2.45, 2.75) is 31.4 Å². The molecule has 0 aliphatic carbocycles. The van der Waals surface area contributed by atoms with Gasteiger partial charge in [-0.05, 0) is 0 Å². The lowest BCUT2D eigenvalue weighted by atomic mass is 10.3. The molecule has 1 fully saturated rings. The highest BCUT2D eigenvalue weighted by molar-refractivity contribution is 7.62. The summed E-state index contributed by atoms with van der Waals surface area (Å²) in [6.07, 6.45) is 4.57. The summed E-state index contributed by atoms with van der Waals surface area (Å²) in [6.45, 7) is 0. The Morgan fingerprint density at radius 1 is 1.00 bits per heavy atom. The summed E-state index contributed by atoms with van der Waals surface area (Å²) in [6, 6.07) is 3.18. The summed E-state index contributed by atoms with van der Waals surface area (Å²) in [5.74, 6) is 0. The maximum Gasteiger partial charge on any atom is 0.0580 e. The molecule has 42 valence electrons. The van der Waals surface area contributed by atoms with Crippen molar-refractivity contribution in [3.05, 3.63) is 0 Å². The molecule has 0 aromatic heterocycles. The van der Waals surface area contributed by atoms with E-state index in [0.717, 1.165) is 0 Å². The predicted molar refractivity (Wildman–Crippen MR) is 40.3 cm³/mol. The van der Waals surface area contributed by atoms with E-state index in [1.54, 1.807) is 12.1 Å². The van der Waals surface area contributed by atoms with E-state index in [1.165, 1.54) is 19.3 Å². The van der Waals surface area contributed by atoms with Crippen LogP contribution in [0.3, 0.4) is 0 Å². The van der Waals surface area contributed by atoms with Crippen molar-refractivity contribution in [1.29, 1.82) is 0 Å². The summed E-state index contributed by atoms with van der Waals surface area (Å²) in [4.78, 5) is 0. The third kappa shape index (κ3) is 1.92. The smallest absolute Gasteiger partial charge is 0.0580 e. The Hall–Kier alpha value is 0.647. The number of hydrogen-bond acceptors (Lipinski definition) is 0. The zero-order valence-electron chi connectivity index (χ0n) is 4.69. The van der Waals surface area contributed by atoms with E-state index in [0.29, 0.717) is 0 Å². The van der Waals surface area contributed by atoms with Crippen molar-refractivity contribution < 1.29 is 0 Å². The molecule has 1 atom stereocenters. The van der Waals surface area contributed by atoms with E-state index in [-0.39, 0.29) is 8.46 Å². The molecule has 0 saturated carbocycles. The molecule has 0 bridgehead atoms. The van der Waals surface area contributed by atoms with Gasteiger partial charge in [-0.15, -0.1) is 0 Å². The summed E-state index contributed by atoms with van der Waals surface area (Å²) in [5.41, 5.74) is 0. The molecule has 7 heavy (non-hydrogen) atoms. The van der Waals surface area contributed by atoms with Crippen molar-refractivity contribution in [1.82, 2.24) is 0 Å². The first-order chi connectivity index (χ1) is 3.39. The topological polar surface area (TPSA) is 0 Å². The van der Waals surface area contributed by atoms with Gasteiger partial charge in [0.25, 0.3) is 0 Å². The standard InChI is InChI=1S/C5H13PSi/c6-7-4-2-1-3-5-7/h7H,1-6H2. The van der Waals surface area contributed by atoms with Crippen LogP contribution in [0.25, 0.3) is 0 Å². The Morgan fingerprint density at radius 3 is 1.86 bits per heavy atom.